The maximum Gasteiger partial charge on any atom is 0.305 e. The number of benzene rings is 3. The summed E-state index contributed by atoms with van der Waals surface area (Å²) in [7, 11) is 0. The smallest absolute Gasteiger partial charge is 0.305 e. The Bertz CT molecular complexity index is 1080. The van der Waals surface area contributed by atoms with E-state index in [1.165, 1.54) is 31.4 Å². The minimum absolute atomic E-state index is 0.0464. The number of unbranched alkanes of at least 4 members (excludes halogenated alkanes) is 3. The van der Waals surface area contributed by atoms with Gasteiger partial charge < -0.3 is 15.2 Å². The minimum Gasteiger partial charge on any atom is -0.486 e. The third kappa shape index (κ3) is 8.29. The molecule has 3 rings (SSSR count). The average molecular weight is 476 g/mol. The Morgan fingerprint density at radius 3 is 2.17 bits per heavy atom. The number of nitrogens with one attached hydrogen (secondary N) is 1. The highest BCUT2D eigenvalue weighted by Crippen LogP contribution is 2.30. The second kappa shape index (κ2) is 13.3. The number of aliphatic carboxylic acids is 1. The van der Waals surface area contributed by atoms with Gasteiger partial charge in [-0.25, -0.2) is 4.39 Å². The van der Waals surface area contributed by atoms with Crippen LogP contribution >= 0.6 is 0 Å². The van der Waals surface area contributed by atoms with Crippen molar-refractivity contribution in [2.45, 2.75) is 51.6 Å². The van der Waals surface area contributed by atoms with E-state index < -0.39 is 5.97 Å². The van der Waals surface area contributed by atoms with E-state index in [1.54, 1.807) is 12.1 Å². The third-order valence-electron chi connectivity index (χ3n) is 5.94. The van der Waals surface area contributed by atoms with Crippen LogP contribution in [0.2, 0.25) is 0 Å². The van der Waals surface area contributed by atoms with Crippen molar-refractivity contribution in [1.82, 2.24) is 5.32 Å². The van der Waals surface area contributed by atoms with Gasteiger partial charge in [-0.3, -0.25) is 4.79 Å². The molecule has 4 nitrogen and oxygen atoms in total. The number of hydrogen-bond acceptors (Lipinski definition) is 3. The van der Waals surface area contributed by atoms with Gasteiger partial charge in [0.15, 0.2) is 0 Å². The first kappa shape index (κ1) is 26.0. The van der Waals surface area contributed by atoms with Crippen molar-refractivity contribution in [3.05, 3.63) is 96.3 Å². The maximum absolute atomic E-state index is 13.2. The van der Waals surface area contributed by atoms with Crippen LogP contribution in [-0.4, -0.2) is 17.6 Å². The molecule has 0 bridgehead atoms. The quantitative estimate of drug-likeness (QED) is 0.236. The molecule has 0 saturated carbocycles. The van der Waals surface area contributed by atoms with Crippen molar-refractivity contribution >= 4 is 11.7 Å². The lowest BCUT2D eigenvalue weighted by atomic mass is 10.00. The summed E-state index contributed by atoms with van der Waals surface area (Å²) in [5.41, 5.74) is 4.69. The van der Waals surface area contributed by atoms with Crippen LogP contribution in [0.3, 0.4) is 0 Å². The van der Waals surface area contributed by atoms with Gasteiger partial charge >= 0.3 is 5.97 Å². The SMILES string of the molecule is C=C(NCCC(=O)O)c1ccc(C(CCCCCC)Oc2ccc(-c3ccc(F)cc3)cc2)cc1. The molecule has 5 heteroatoms. The number of ether oxygens (including phenoxy) is 1. The number of halogens is 1. The first-order chi connectivity index (χ1) is 17.0. The summed E-state index contributed by atoms with van der Waals surface area (Å²) < 4.78 is 19.6. The largest absolute Gasteiger partial charge is 0.486 e. The van der Waals surface area contributed by atoms with Crippen LogP contribution in [-0.2, 0) is 4.79 Å². The van der Waals surface area contributed by atoms with E-state index >= 15 is 0 Å². The molecule has 1 unspecified atom stereocenters. The summed E-state index contributed by atoms with van der Waals surface area (Å²) >= 11 is 0. The molecule has 35 heavy (non-hydrogen) atoms. The Morgan fingerprint density at radius 1 is 0.943 bits per heavy atom. The molecule has 0 aliphatic heterocycles. The monoisotopic (exact) mass is 475 g/mol. The number of carboxylic acids is 1. The van der Waals surface area contributed by atoms with Crippen molar-refractivity contribution in [3.8, 4) is 16.9 Å². The van der Waals surface area contributed by atoms with E-state index in [4.69, 9.17) is 9.84 Å². The molecule has 0 fully saturated rings. The summed E-state index contributed by atoms with van der Waals surface area (Å²) in [6.07, 6.45) is 5.52. The van der Waals surface area contributed by atoms with Gasteiger partial charge in [0.25, 0.3) is 0 Å². The number of hydrogen-bond donors (Lipinski definition) is 2. The number of carboxylic acid groups (broad SMARTS) is 1. The van der Waals surface area contributed by atoms with Gasteiger partial charge in [-0.1, -0.05) is 81.3 Å². The number of carbonyl (C=O) groups is 1. The molecule has 3 aromatic carbocycles. The fourth-order valence-corrected chi connectivity index (χ4v) is 3.90. The molecule has 0 saturated heterocycles. The second-order valence-corrected chi connectivity index (χ2v) is 8.66. The summed E-state index contributed by atoms with van der Waals surface area (Å²) in [6.45, 7) is 6.56. The van der Waals surface area contributed by atoms with Gasteiger partial charge in [0, 0.05) is 12.2 Å². The highest BCUT2D eigenvalue weighted by molar-refractivity contribution is 5.68. The molecule has 0 aliphatic rings. The standard InChI is InChI=1S/C30H34FNO3/c1-3-4-5-6-7-29(26-10-8-23(9-11-26)22(2)32-21-20-30(33)34)35-28-18-14-25(15-19-28)24-12-16-27(31)17-13-24/h8-19,29,32H,2-7,20-21H2,1H3,(H,33,34). The molecular formula is C30H34FNO3. The molecule has 0 amide bonds. The summed E-state index contributed by atoms with van der Waals surface area (Å²) in [5.74, 6) is -0.292. The normalized spacial score (nSPS) is 11.6. The molecule has 3 aromatic rings. The fourth-order valence-electron chi connectivity index (χ4n) is 3.90. The zero-order chi connectivity index (χ0) is 25.0. The van der Waals surface area contributed by atoms with E-state index in [9.17, 15) is 9.18 Å². The van der Waals surface area contributed by atoms with Crippen LogP contribution in [0.4, 0.5) is 4.39 Å². The summed E-state index contributed by atoms with van der Waals surface area (Å²) in [6, 6.07) is 22.5. The van der Waals surface area contributed by atoms with Crippen LogP contribution < -0.4 is 10.1 Å². The molecule has 0 aromatic heterocycles. The van der Waals surface area contributed by atoms with Crippen molar-refractivity contribution in [3.63, 3.8) is 0 Å². The molecule has 0 aliphatic carbocycles. The van der Waals surface area contributed by atoms with Crippen LogP contribution in [0.15, 0.2) is 79.4 Å². The molecule has 1 atom stereocenters. The molecule has 0 spiro atoms. The zero-order valence-electron chi connectivity index (χ0n) is 20.3. The van der Waals surface area contributed by atoms with Crippen LogP contribution in [0, 0.1) is 5.82 Å². The highest BCUT2D eigenvalue weighted by atomic mass is 19.1. The topological polar surface area (TPSA) is 58.6 Å². The Kier molecular flexibility index (Phi) is 9.91. The Hall–Kier alpha value is -3.60. The molecule has 0 radical (unpaired) electrons. The fraction of sp³-hybridized carbons (Fsp3) is 0.300. The van der Waals surface area contributed by atoms with E-state index in [0.717, 1.165) is 40.8 Å². The van der Waals surface area contributed by atoms with Gasteiger partial charge in [0.05, 0.1) is 6.42 Å². The van der Waals surface area contributed by atoms with E-state index in [0.29, 0.717) is 12.2 Å². The van der Waals surface area contributed by atoms with Crippen molar-refractivity contribution in [2.75, 3.05) is 6.54 Å². The predicted molar refractivity (Wildman–Crippen MR) is 140 cm³/mol. The van der Waals surface area contributed by atoms with Gasteiger partial charge in [-0.2, -0.15) is 0 Å². The van der Waals surface area contributed by atoms with E-state index in [-0.39, 0.29) is 18.3 Å². The zero-order valence-corrected chi connectivity index (χ0v) is 20.3. The number of rotatable bonds is 14. The molecule has 2 N–H and O–H groups in total. The van der Waals surface area contributed by atoms with Crippen molar-refractivity contribution in [2.24, 2.45) is 0 Å². The Labute approximate surface area is 207 Å². The molecule has 0 heterocycles. The van der Waals surface area contributed by atoms with Crippen molar-refractivity contribution < 1.29 is 19.0 Å². The van der Waals surface area contributed by atoms with Crippen molar-refractivity contribution in [1.29, 1.82) is 0 Å². The Morgan fingerprint density at radius 2 is 1.57 bits per heavy atom. The van der Waals surface area contributed by atoms with E-state index in [1.807, 2.05) is 36.4 Å². The second-order valence-electron chi connectivity index (χ2n) is 8.66. The van der Waals surface area contributed by atoms with Gasteiger partial charge in [-0.05, 0) is 59.4 Å². The van der Waals surface area contributed by atoms with Gasteiger partial charge in [0.1, 0.15) is 17.7 Å². The van der Waals surface area contributed by atoms with Crippen LogP contribution in [0.5, 0.6) is 5.75 Å². The summed E-state index contributed by atoms with van der Waals surface area (Å²) in [5, 5.41) is 11.9. The lowest BCUT2D eigenvalue weighted by Crippen LogP contribution is -2.16. The molecular weight excluding hydrogens is 441 g/mol. The Balaban J connectivity index is 1.69. The van der Waals surface area contributed by atoms with Gasteiger partial charge in [-0.15, -0.1) is 0 Å². The van der Waals surface area contributed by atoms with Gasteiger partial charge in [0.2, 0.25) is 0 Å². The first-order valence-electron chi connectivity index (χ1n) is 12.2. The van der Waals surface area contributed by atoms with E-state index in [2.05, 4.69) is 31.0 Å². The summed E-state index contributed by atoms with van der Waals surface area (Å²) in [4.78, 5) is 10.7. The lowest BCUT2D eigenvalue weighted by molar-refractivity contribution is -0.136. The van der Waals surface area contributed by atoms with Crippen LogP contribution in [0.25, 0.3) is 16.8 Å². The maximum atomic E-state index is 13.2. The first-order valence-corrected chi connectivity index (χ1v) is 12.2. The highest BCUT2D eigenvalue weighted by Gasteiger charge is 2.14. The minimum atomic E-state index is -0.839. The third-order valence-corrected chi connectivity index (χ3v) is 5.94. The lowest BCUT2D eigenvalue weighted by Gasteiger charge is -2.21. The predicted octanol–water partition coefficient (Wildman–Crippen LogP) is 7.62. The molecule has 184 valence electrons. The van der Waals surface area contributed by atoms with Crippen LogP contribution in [0.1, 0.15) is 62.7 Å². The average Bonchev–Trinajstić information content (AvgIpc) is 2.86.